The van der Waals surface area contributed by atoms with Crippen LogP contribution in [0.4, 0.5) is 5.69 Å². The number of aromatic nitrogens is 1. The van der Waals surface area contributed by atoms with Crippen molar-refractivity contribution in [3.63, 3.8) is 0 Å². The van der Waals surface area contributed by atoms with Gasteiger partial charge in [0.25, 0.3) is 5.91 Å². The number of carbonyl (C=O) groups excluding carboxylic acids is 1. The highest BCUT2D eigenvalue weighted by Gasteiger charge is 2.08. The second kappa shape index (κ2) is 6.01. The van der Waals surface area contributed by atoms with Crippen molar-refractivity contribution in [3.8, 4) is 11.3 Å². The van der Waals surface area contributed by atoms with Gasteiger partial charge < -0.3 is 9.73 Å². The molecule has 0 aliphatic heterocycles. The molecule has 0 bridgehead atoms. The first-order valence-electron chi connectivity index (χ1n) is 7.60. The molecule has 4 heteroatoms. The third kappa shape index (κ3) is 2.77. The molecule has 0 atom stereocenters. The van der Waals surface area contributed by atoms with Crippen molar-refractivity contribution in [2.24, 2.45) is 0 Å². The predicted octanol–water partition coefficient (Wildman–Crippen LogP) is 4.75. The third-order valence-corrected chi connectivity index (χ3v) is 3.80. The van der Waals surface area contributed by atoms with Gasteiger partial charge in [0.15, 0.2) is 0 Å². The smallest absolute Gasteiger partial charge is 0.255 e. The van der Waals surface area contributed by atoms with E-state index in [0.717, 1.165) is 28.0 Å². The molecule has 4 rings (SSSR count). The van der Waals surface area contributed by atoms with Crippen molar-refractivity contribution in [1.29, 1.82) is 0 Å². The van der Waals surface area contributed by atoms with Crippen LogP contribution in [0.5, 0.6) is 0 Å². The molecule has 4 nitrogen and oxygen atoms in total. The van der Waals surface area contributed by atoms with Crippen LogP contribution in [0.1, 0.15) is 10.4 Å². The maximum atomic E-state index is 12.1. The molecule has 4 aromatic rings. The second-order valence-corrected chi connectivity index (χ2v) is 5.42. The largest absolute Gasteiger partial charge is 0.456 e. The normalized spacial score (nSPS) is 10.7. The molecule has 2 aromatic heterocycles. The van der Waals surface area contributed by atoms with Crippen LogP contribution in [0.3, 0.4) is 0 Å². The summed E-state index contributed by atoms with van der Waals surface area (Å²) in [6.45, 7) is 0. The zero-order chi connectivity index (χ0) is 16.4. The van der Waals surface area contributed by atoms with E-state index in [1.165, 1.54) is 0 Å². The van der Waals surface area contributed by atoms with Gasteiger partial charge in [0.05, 0.1) is 0 Å². The summed E-state index contributed by atoms with van der Waals surface area (Å²) in [5.74, 6) is 0.650. The molecule has 0 saturated heterocycles. The van der Waals surface area contributed by atoms with Crippen molar-refractivity contribution in [3.05, 3.63) is 84.7 Å². The van der Waals surface area contributed by atoms with E-state index in [9.17, 15) is 4.79 Å². The number of para-hydroxylation sites is 1. The van der Waals surface area contributed by atoms with E-state index in [1.807, 2.05) is 54.6 Å². The summed E-state index contributed by atoms with van der Waals surface area (Å²) in [6.07, 6.45) is 3.19. The summed E-state index contributed by atoms with van der Waals surface area (Å²) in [4.78, 5) is 16.0. The number of carbonyl (C=O) groups is 1. The van der Waals surface area contributed by atoms with E-state index in [0.29, 0.717) is 5.56 Å². The lowest BCUT2D eigenvalue weighted by molar-refractivity contribution is 0.102. The molecule has 0 aliphatic carbocycles. The number of nitrogens with one attached hydrogen (secondary N) is 1. The molecule has 116 valence electrons. The highest BCUT2D eigenvalue weighted by Crippen LogP contribution is 2.28. The maximum Gasteiger partial charge on any atom is 0.255 e. The Morgan fingerprint density at radius 1 is 0.917 bits per heavy atom. The van der Waals surface area contributed by atoms with E-state index in [4.69, 9.17) is 4.42 Å². The number of fused-ring (bicyclic) bond motifs is 1. The lowest BCUT2D eigenvalue weighted by Gasteiger charge is -2.05. The summed E-state index contributed by atoms with van der Waals surface area (Å²) >= 11 is 0. The van der Waals surface area contributed by atoms with Crippen LogP contribution < -0.4 is 5.32 Å². The van der Waals surface area contributed by atoms with Gasteiger partial charge in [0.2, 0.25) is 0 Å². The first-order chi connectivity index (χ1) is 11.8. The molecule has 0 fully saturated rings. The Kier molecular flexibility index (Phi) is 3.56. The minimum Gasteiger partial charge on any atom is -0.456 e. The fourth-order valence-electron chi connectivity index (χ4n) is 2.55. The average Bonchev–Trinajstić information content (AvgIpc) is 3.07. The Morgan fingerprint density at radius 3 is 2.42 bits per heavy atom. The van der Waals surface area contributed by atoms with Crippen LogP contribution in [0, 0.1) is 0 Å². The quantitative estimate of drug-likeness (QED) is 0.594. The standard InChI is InChI=1S/C20H14N2O2/c23-20(15-9-11-21-12-10-15)22-17-7-5-14(6-8-17)19-13-16-3-1-2-4-18(16)24-19/h1-13H,(H,22,23). The van der Waals surface area contributed by atoms with E-state index < -0.39 is 0 Å². The van der Waals surface area contributed by atoms with Crippen molar-refractivity contribution < 1.29 is 9.21 Å². The minimum absolute atomic E-state index is 0.158. The Morgan fingerprint density at radius 2 is 1.67 bits per heavy atom. The monoisotopic (exact) mass is 314 g/mol. The molecule has 0 saturated carbocycles. The number of rotatable bonds is 3. The van der Waals surface area contributed by atoms with E-state index >= 15 is 0 Å². The van der Waals surface area contributed by atoms with Gasteiger partial charge in [0.1, 0.15) is 11.3 Å². The van der Waals surface area contributed by atoms with E-state index in [1.54, 1.807) is 24.5 Å². The summed E-state index contributed by atoms with van der Waals surface area (Å²) < 4.78 is 5.85. The van der Waals surface area contributed by atoms with Gasteiger partial charge in [-0.1, -0.05) is 18.2 Å². The Hall–Kier alpha value is -3.40. The average molecular weight is 314 g/mol. The summed E-state index contributed by atoms with van der Waals surface area (Å²) in [6, 6.07) is 20.9. The van der Waals surface area contributed by atoms with Gasteiger partial charge in [0, 0.05) is 34.6 Å². The lowest BCUT2D eigenvalue weighted by Crippen LogP contribution is -2.11. The molecule has 24 heavy (non-hydrogen) atoms. The molecule has 1 amide bonds. The van der Waals surface area contributed by atoms with Crippen molar-refractivity contribution in [2.45, 2.75) is 0 Å². The summed E-state index contributed by atoms with van der Waals surface area (Å²) in [7, 11) is 0. The van der Waals surface area contributed by atoms with Crippen molar-refractivity contribution in [2.75, 3.05) is 5.32 Å². The molecule has 2 heterocycles. The number of anilines is 1. The molecule has 0 aliphatic rings. The molecule has 0 spiro atoms. The van der Waals surface area contributed by atoms with Crippen LogP contribution in [-0.2, 0) is 0 Å². The van der Waals surface area contributed by atoms with Gasteiger partial charge in [-0.25, -0.2) is 0 Å². The fraction of sp³-hybridized carbons (Fsp3) is 0. The second-order valence-electron chi connectivity index (χ2n) is 5.42. The van der Waals surface area contributed by atoms with E-state index in [-0.39, 0.29) is 5.91 Å². The zero-order valence-electron chi connectivity index (χ0n) is 12.8. The van der Waals surface area contributed by atoms with Crippen molar-refractivity contribution >= 4 is 22.6 Å². The number of hydrogen-bond donors (Lipinski definition) is 1. The summed E-state index contributed by atoms with van der Waals surface area (Å²) in [5, 5.41) is 3.94. The number of hydrogen-bond acceptors (Lipinski definition) is 3. The van der Waals surface area contributed by atoms with Gasteiger partial charge in [-0.15, -0.1) is 0 Å². The first-order valence-corrected chi connectivity index (χ1v) is 7.60. The Balaban J connectivity index is 1.55. The van der Waals surface area contributed by atoms with Crippen LogP contribution in [0.2, 0.25) is 0 Å². The maximum absolute atomic E-state index is 12.1. The number of benzene rings is 2. The van der Waals surface area contributed by atoms with Crippen LogP contribution >= 0.6 is 0 Å². The summed E-state index contributed by atoms with van der Waals surface area (Å²) in [5.41, 5.74) is 3.14. The highest BCUT2D eigenvalue weighted by molar-refractivity contribution is 6.04. The van der Waals surface area contributed by atoms with Gasteiger partial charge in [-0.3, -0.25) is 9.78 Å². The fourth-order valence-corrected chi connectivity index (χ4v) is 2.55. The van der Waals surface area contributed by atoms with Crippen LogP contribution in [0.25, 0.3) is 22.3 Å². The van der Waals surface area contributed by atoms with Gasteiger partial charge >= 0.3 is 0 Å². The number of pyridine rings is 1. The predicted molar refractivity (Wildman–Crippen MR) is 93.8 cm³/mol. The molecular weight excluding hydrogens is 300 g/mol. The zero-order valence-corrected chi connectivity index (χ0v) is 12.8. The van der Waals surface area contributed by atoms with Crippen molar-refractivity contribution in [1.82, 2.24) is 4.98 Å². The van der Waals surface area contributed by atoms with Crippen LogP contribution in [-0.4, -0.2) is 10.9 Å². The van der Waals surface area contributed by atoms with E-state index in [2.05, 4.69) is 10.3 Å². The molecule has 2 aromatic carbocycles. The number of nitrogens with zero attached hydrogens (tertiary/aromatic N) is 1. The van der Waals surface area contributed by atoms with Gasteiger partial charge in [-0.2, -0.15) is 0 Å². The molecule has 0 unspecified atom stereocenters. The third-order valence-electron chi connectivity index (χ3n) is 3.80. The Labute approximate surface area is 138 Å². The topological polar surface area (TPSA) is 55.1 Å². The number of furan rings is 1. The Bertz CT molecular complexity index is 956. The molecule has 1 N–H and O–H groups in total. The highest BCUT2D eigenvalue weighted by atomic mass is 16.3. The van der Waals surface area contributed by atoms with Crippen LogP contribution in [0.15, 0.2) is 83.5 Å². The lowest BCUT2D eigenvalue weighted by atomic mass is 10.1. The molecular formula is C20H14N2O2. The SMILES string of the molecule is O=C(Nc1ccc(-c2cc3ccccc3o2)cc1)c1ccncc1. The first kappa shape index (κ1) is 14.2. The molecule has 0 radical (unpaired) electrons. The number of amides is 1. The van der Waals surface area contributed by atoms with Gasteiger partial charge in [-0.05, 0) is 48.5 Å². The minimum atomic E-state index is -0.158.